The van der Waals surface area contributed by atoms with Crippen LogP contribution in [0.1, 0.15) is 6.42 Å². The Morgan fingerprint density at radius 3 is 2.58 bits per heavy atom. The standard InChI is InChI=1S/C6H14N4O2/c7-6(8)10-2-1-5(12)9-3-4-11/h11H,1-4H2,(H,9,12)(H4,7,8,10). The van der Waals surface area contributed by atoms with Crippen molar-refractivity contribution >= 4 is 11.9 Å². The van der Waals surface area contributed by atoms with E-state index in [1.165, 1.54) is 0 Å². The van der Waals surface area contributed by atoms with Gasteiger partial charge in [-0.15, -0.1) is 0 Å². The van der Waals surface area contributed by atoms with Crippen LogP contribution in [0.4, 0.5) is 0 Å². The Labute approximate surface area is 70.6 Å². The van der Waals surface area contributed by atoms with Gasteiger partial charge in [0.15, 0.2) is 5.96 Å². The molecule has 0 aliphatic rings. The fourth-order valence-corrected chi connectivity index (χ4v) is 0.594. The molecular weight excluding hydrogens is 160 g/mol. The van der Waals surface area contributed by atoms with E-state index in [1.807, 2.05) is 0 Å². The molecule has 0 heterocycles. The van der Waals surface area contributed by atoms with Gasteiger partial charge >= 0.3 is 0 Å². The van der Waals surface area contributed by atoms with Crippen molar-refractivity contribution in [3.8, 4) is 0 Å². The molecule has 70 valence electrons. The second kappa shape index (κ2) is 6.41. The number of rotatable bonds is 5. The average molecular weight is 174 g/mol. The molecule has 0 aromatic rings. The van der Waals surface area contributed by atoms with Gasteiger partial charge < -0.3 is 21.5 Å². The van der Waals surface area contributed by atoms with Gasteiger partial charge in [0.25, 0.3) is 0 Å². The summed E-state index contributed by atoms with van der Waals surface area (Å²) in [5, 5.41) is 20.1. The molecule has 0 saturated heterocycles. The van der Waals surface area contributed by atoms with Gasteiger partial charge in [-0.05, 0) is 0 Å². The van der Waals surface area contributed by atoms with E-state index < -0.39 is 0 Å². The number of carbonyl (C=O) groups excluding carboxylic acids is 1. The lowest BCUT2D eigenvalue weighted by Gasteiger charge is -2.03. The minimum Gasteiger partial charge on any atom is -0.395 e. The summed E-state index contributed by atoms with van der Waals surface area (Å²) in [5.74, 6) is -0.317. The SMILES string of the molecule is N=C(N)NCCC(=O)NCCO. The first kappa shape index (κ1) is 10.7. The van der Waals surface area contributed by atoms with Crippen LogP contribution in [0, 0.1) is 5.41 Å². The van der Waals surface area contributed by atoms with E-state index in [0.29, 0.717) is 6.54 Å². The Morgan fingerprint density at radius 1 is 1.42 bits per heavy atom. The number of amides is 1. The maximum Gasteiger partial charge on any atom is 0.221 e. The molecule has 12 heavy (non-hydrogen) atoms. The number of carbonyl (C=O) groups is 1. The van der Waals surface area contributed by atoms with E-state index in [-0.39, 0.29) is 31.4 Å². The highest BCUT2D eigenvalue weighted by Gasteiger charge is 1.98. The van der Waals surface area contributed by atoms with Crippen molar-refractivity contribution in [2.24, 2.45) is 5.73 Å². The maximum absolute atomic E-state index is 10.8. The molecule has 1 amide bonds. The first-order valence-electron chi connectivity index (χ1n) is 3.62. The number of guanidine groups is 1. The third kappa shape index (κ3) is 6.81. The van der Waals surface area contributed by atoms with Crippen LogP contribution in [0.25, 0.3) is 0 Å². The lowest BCUT2D eigenvalue weighted by molar-refractivity contribution is -0.121. The fourth-order valence-electron chi connectivity index (χ4n) is 0.594. The molecule has 0 aliphatic carbocycles. The predicted molar refractivity (Wildman–Crippen MR) is 44.6 cm³/mol. The Kier molecular flexibility index (Phi) is 5.72. The van der Waals surface area contributed by atoms with Crippen LogP contribution in [-0.4, -0.2) is 36.7 Å². The van der Waals surface area contributed by atoms with E-state index in [9.17, 15) is 4.79 Å². The van der Waals surface area contributed by atoms with Crippen LogP contribution in [0.15, 0.2) is 0 Å². The summed E-state index contributed by atoms with van der Waals surface area (Å²) in [7, 11) is 0. The second-order valence-electron chi connectivity index (χ2n) is 2.16. The van der Waals surface area contributed by atoms with Gasteiger partial charge in [0.05, 0.1) is 6.61 Å². The lowest BCUT2D eigenvalue weighted by Crippen LogP contribution is -2.35. The van der Waals surface area contributed by atoms with E-state index in [4.69, 9.17) is 16.2 Å². The van der Waals surface area contributed by atoms with Crippen LogP contribution in [-0.2, 0) is 4.79 Å². The lowest BCUT2D eigenvalue weighted by atomic mass is 10.4. The average Bonchev–Trinajstić information content (AvgIpc) is 2.00. The van der Waals surface area contributed by atoms with Gasteiger partial charge in [-0.1, -0.05) is 0 Å². The van der Waals surface area contributed by atoms with E-state index in [0.717, 1.165) is 0 Å². The molecule has 0 radical (unpaired) electrons. The zero-order chi connectivity index (χ0) is 9.40. The summed E-state index contributed by atoms with van der Waals surface area (Å²) in [6.07, 6.45) is 0.250. The highest BCUT2D eigenvalue weighted by molar-refractivity contribution is 5.78. The number of aliphatic hydroxyl groups excluding tert-OH is 1. The quantitative estimate of drug-likeness (QED) is 0.244. The van der Waals surface area contributed by atoms with Crippen LogP contribution in [0.5, 0.6) is 0 Å². The molecular formula is C6H14N4O2. The van der Waals surface area contributed by atoms with E-state index in [1.54, 1.807) is 0 Å². The van der Waals surface area contributed by atoms with Gasteiger partial charge in [-0.2, -0.15) is 0 Å². The van der Waals surface area contributed by atoms with Gasteiger partial charge in [0.1, 0.15) is 0 Å². The van der Waals surface area contributed by atoms with Crippen molar-refractivity contribution in [2.75, 3.05) is 19.7 Å². The molecule has 0 saturated carbocycles. The van der Waals surface area contributed by atoms with Crippen molar-refractivity contribution < 1.29 is 9.90 Å². The summed E-state index contributed by atoms with van der Waals surface area (Å²) in [6, 6.07) is 0. The van der Waals surface area contributed by atoms with Crippen LogP contribution in [0.3, 0.4) is 0 Å². The first-order chi connectivity index (χ1) is 5.66. The molecule has 0 unspecified atom stereocenters. The molecule has 0 bridgehead atoms. The topological polar surface area (TPSA) is 111 Å². The molecule has 0 atom stereocenters. The van der Waals surface area contributed by atoms with E-state index in [2.05, 4.69) is 10.6 Å². The summed E-state index contributed by atoms with van der Waals surface area (Å²) in [6.45, 7) is 0.539. The second-order valence-corrected chi connectivity index (χ2v) is 2.16. The van der Waals surface area contributed by atoms with Crippen molar-refractivity contribution in [3.05, 3.63) is 0 Å². The molecule has 0 aliphatic heterocycles. The molecule has 0 aromatic heterocycles. The summed E-state index contributed by atoms with van der Waals surface area (Å²) in [5.41, 5.74) is 4.98. The summed E-state index contributed by atoms with van der Waals surface area (Å²) >= 11 is 0. The molecule has 0 rings (SSSR count). The van der Waals surface area contributed by atoms with Gasteiger partial charge in [-0.3, -0.25) is 10.2 Å². The smallest absolute Gasteiger partial charge is 0.221 e. The Bertz CT molecular complexity index is 160. The minimum atomic E-state index is -0.169. The van der Waals surface area contributed by atoms with Gasteiger partial charge in [-0.25, -0.2) is 0 Å². The molecule has 0 spiro atoms. The number of hydrogen-bond donors (Lipinski definition) is 5. The molecule has 6 nitrogen and oxygen atoms in total. The highest BCUT2D eigenvalue weighted by Crippen LogP contribution is 1.75. The van der Waals surface area contributed by atoms with Crippen molar-refractivity contribution in [3.63, 3.8) is 0 Å². The molecule has 0 fully saturated rings. The van der Waals surface area contributed by atoms with Gasteiger partial charge in [0, 0.05) is 19.5 Å². The first-order valence-corrected chi connectivity index (χ1v) is 3.62. The van der Waals surface area contributed by atoms with Crippen molar-refractivity contribution in [1.82, 2.24) is 10.6 Å². The zero-order valence-electron chi connectivity index (χ0n) is 6.76. The Balaban J connectivity index is 3.25. The number of nitrogens with two attached hydrogens (primary N) is 1. The van der Waals surface area contributed by atoms with Crippen LogP contribution >= 0.6 is 0 Å². The van der Waals surface area contributed by atoms with Crippen LogP contribution in [0.2, 0.25) is 0 Å². The van der Waals surface area contributed by atoms with E-state index >= 15 is 0 Å². The number of aliphatic hydroxyl groups is 1. The summed E-state index contributed by atoms with van der Waals surface area (Å²) < 4.78 is 0. The predicted octanol–water partition coefficient (Wildman–Crippen LogP) is -2.03. The highest BCUT2D eigenvalue weighted by atomic mass is 16.3. The van der Waals surface area contributed by atoms with Crippen molar-refractivity contribution in [2.45, 2.75) is 6.42 Å². The fraction of sp³-hybridized carbons (Fsp3) is 0.667. The normalized spacial score (nSPS) is 9.08. The number of hydrogen-bond acceptors (Lipinski definition) is 3. The van der Waals surface area contributed by atoms with Crippen molar-refractivity contribution in [1.29, 1.82) is 5.41 Å². The molecule has 6 N–H and O–H groups in total. The summed E-state index contributed by atoms with van der Waals surface area (Å²) in [4.78, 5) is 10.8. The zero-order valence-corrected chi connectivity index (χ0v) is 6.76. The monoisotopic (exact) mass is 174 g/mol. The van der Waals surface area contributed by atoms with Gasteiger partial charge in [0.2, 0.25) is 5.91 Å². The minimum absolute atomic E-state index is 0.0636. The largest absolute Gasteiger partial charge is 0.395 e. The third-order valence-corrected chi connectivity index (χ3v) is 1.10. The number of nitrogens with one attached hydrogen (secondary N) is 3. The molecule has 0 aromatic carbocycles. The Morgan fingerprint density at radius 2 is 2.08 bits per heavy atom. The third-order valence-electron chi connectivity index (χ3n) is 1.10. The Hall–Kier alpha value is -1.30. The molecule has 6 heteroatoms. The van der Waals surface area contributed by atoms with Crippen LogP contribution < -0.4 is 16.4 Å². The maximum atomic E-state index is 10.8.